The molecule has 6 nitrogen and oxygen atoms in total. The fraction of sp³-hybridized carbons (Fsp3) is 0.385. The van der Waals surface area contributed by atoms with Crippen molar-refractivity contribution >= 4 is 11.7 Å². The van der Waals surface area contributed by atoms with Crippen molar-refractivity contribution in [2.75, 3.05) is 14.2 Å². The molecule has 2 atom stereocenters. The Morgan fingerprint density at radius 2 is 1.69 bits per heavy atom. The Bertz CT molecular complexity index is 1050. The second-order valence-electron chi connectivity index (χ2n) is 8.54. The summed E-state index contributed by atoms with van der Waals surface area (Å²) in [5, 5.41) is 2.97. The molecule has 0 spiro atoms. The summed E-state index contributed by atoms with van der Waals surface area (Å²) in [5.74, 6) is 1.60. The van der Waals surface area contributed by atoms with Crippen LogP contribution in [0.25, 0.3) is 0 Å². The van der Waals surface area contributed by atoms with E-state index >= 15 is 0 Å². The normalized spacial score (nSPS) is 20.7. The van der Waals surface area contributed by atoms with E-state index in [1.807, 2.05) is 56.3 Å². The smallest absolute Gasteiger partial charge is 0.225 e. The maximum atomic E-state index is 13.4. The minimum absolute atomic E-state index is 0.0144. The molecule has 0 aromatic heterocycles. The Kier molecular flexibility index (Phi) is 6.21. The van der Waals surface area contributed by atoms with Crippen LogP contribution >= 0.6 is 0 Å². The van der Waals surface area contributed by atoms with Gasteiger partial charge in [0, 0.05) is 35.6 Å². The van der Waals surface area contributed by atoms with E-state index in [1.165, 1.54) is 0 Å². The van der Waals surface area contributed by atoms with Gasteiger partial charge in [-0.3, -0.25) is 9.59 Å². The van der Waals surface area contributed by atoms with Crippen LogP contribution < -0.4 is 19.5 Å². The maximum absolute atomic E-state index is 13.4. The molecule has 0 bridgehead atoms. The molecule has 2 unspecified atom stereocenters. The SMILES string of the molecule is COc1cccc(C2CC(=O)NC3=C2C(=O)CC(c2ccc(OC(C)C)cc2)C3)c1OC. The summed E-state index contributed by atoms with van der Waals surface area (Å²) < 4.78 is 16.8. The number of methoxy groups -OCH3 is 2. The molecule has 168 valence electrons. The summed E-state index contributed by atoms with van der Waals surface area (Å²) in [5.41, 5.74) is 3.28. The van der Waals surface area contributed by atoms with Gasteiger partial charge >= 0.3 is 0 Å². The molecule has 0 fully saturated rings. The van der Waals surface area contributed by atoms with Crippen LogP contribution in [0.4, 0.5) is 0 Å². The number of Topliss-reactive ketones (excluding diaryl/α,β-unsaturated/α-hetero) is 1. The fourth-order valence-corrected chi connectivity index (χ4v) is 4.74. The van der Waals surface area contributed by atoms with Crippen molar-refractivity contribution in [3.8, 4) is 17.2 Å². The van der Waals surface area contributed by atoms with E-state index in [9.17, 15) is 9.59 Å². The zero-order valence-electron chi connectivity index (χ0n) is 18.9. The van der Waals surface area contributed by atoms with Gasteiger partial charge in [-0.25, -0.2) is 0 Å². The number of carbonyl (C=O) groups excluding carboxylic acids is 2. The highest BCUT2D eigenvalue weighted by atomic mass is 16.5. The first-order valence-corrected chi connectivity index (χ1v) is 10.9. The minimum Gasteiger partial charge on any atom is -0.493 e. The number of rotatable bonds is 6. The highest BCUT2D eigenvalue weighted by Crippen LogP contribution is 2.46. The number of carbonyl (C=O) groups is 2. The Hall–Kier alpha value is -3.28. The first-order valence-electron chi connectivity index (χ1n) is 10.9. The molecular weight excluding hydrogens is 406 g/mol. The Balaban J connectivity index is 1.67. The molecule has 0 saturated heterocycles. The third kappa shape index (κ3) is 4.22. The van der Waals surface area contributed by atoms with Gasteiger partial charge in [0.05, 0.1) is 20.3 Å². The molecule has 2 aliphatic rings. The number of benzene rings is 2. The number of ether oxygens (including phenoxy) is 3. The Morgan fingerprint density at radius 1 is 0.938 bits per heavy atom. The molecule has 1 N–H and O–H groups in total. The van der Waals surface area contributed by atoms with E-state index in [2.05, 4.69) is 5.32 Å². The molecule has 1 aliphatic carbocycles. The van der Waals surface area contributed by atoms with E-state index in [0.717, 1.165) is 22.6 Å². The molecule has 2 aromatic rings. The largest absolute Gasteiger partial charge is 0.493 e. The summed E-state index contributed by atoms with van der Waals surface area (Å²) >= 11 is 0. The first kappa shape index (κ1) is 21.9. The first-order chi connectivity index (χ1) is 15.4. The Labute approximate surface area is 188 Å². The van der Waals surface area contributed by atoms with E-state index in [4.69, 9.17) is 14.2 Å². The lowest BCUT2D eigenvalue weighted by Gasteiger charge is -2.35. The number of ketones is 1. The molecule has 32 heavy (non-hydrogen) atoms. The lowest BCUT2D eigenvalue weighted by atomic mass is 9.73. The molecule has 6 heteroatoms. The van der Waals surface area contributed by atoms with Crippen LogP contribution in [0.1, 0.15) is 56.1 Å². The summed E-state index contributed by atoms with van der Waals surface area (Å²) in [4.78, 5) is 26.0. The number of hydrogen-bond acceptors (Lipinski definition) is 5. The summed E-state index contributed by atoms with van der Waals surface area (Å²) in [6.45, 7) is 3.97. The lowest BCUT2D eigenvalue weighted by Crippen LogP contribution is -2.38. The molecule has 0 saturated carbocycles. The van der Waals surface area contributed by atoms with Crippen LogP contribution in [0.15, 0.2) is 53.7 Å². The van der Waals surface area contributed by atoms with Crippen molar-refractivity contribution in [3.05, 3.63) is 64.9 Å². The maximum Gasteiger partial charge on any atom is 0.225 e. The third-order valence-corrected chi connectivity index (χ3v) is 6.07. The topological polar surface area (TPSA) is 73.9 Å². The van der Waals surface area contributed by atoms with E-state index < -0.39 is 0 Å². The summed E-state index contributed by atoms with van der Waals surface area (Å²) in [6, 6.07) is 13.5. The van der Waals surface area contributed by atoms with Crippen molar-refractivity contribution < 1.29 is 23.8 Å². The van der Waals surface area contributed by atoms with Crippen LogP contribution in [0, 0.1) is 0 Å². The average Bonchev–Trinajstić information content (AvgIpc) is 2.77. The average molecular weight is 436 g/mol. The number of amides is 1. The predicted octanol–water partition coefficient (Wildman–Crippen LogP) is 4.50. The van der Waals surface area contributed by atoms with Gasteiger partial charge in [0.15, 0.2) is 17.3 Å². The van der Waals surface area contributed by atoms with E-state index in [0.29, 0.717) is 29.9 Å². The van der Waals surface area contributed by atoms with Crippen molar-refractivity contribution in [1.82, 2.24) is 5.32 Å². The second kappa shape index (κ2) is 9.07. The van der Waals surface area contributed by atoms with Gasteiger partial charge in [0.2, 0.25) is 5.91 Å². The number of nitrogens with one attached hydrogen (secondary N) is 1. The zero-order chi connectivity index (χ0) is 22.8. The number of hydrogen-bond donors (Lipinski definition) is 1. The van der Waals surface area contributed by atoms with Gasteiger partial charge in [-0.15, -0.1) is 0 Å². The van der Waals surface area contributed by atoms with Gasteiger partial charge in [0.25, 0.3) is 0 Å². The molecule has 0 radical (unpaired) electrons. The highest BCUT2D eigenvalue weighted by molar-refractivity contribution is 6.02. The van der Waals surface area contributed by atoms with Gasteiger partial charge in [0.1, 0.15) is 5.75 Å². The van der Waals surface area contributed by atoms with Crippen LogP contribution in [0.2, 0.25) is 0 Å². The van der Waals surface area contributed by atoms with Gasteiger partial charge < -0.3 is 19.5 Å². The van der Waals surface area contributed by atoms with Gasteiger partial charge in [-0.1, -0.05) is 24.3 Å². The molecule has 1 aliphatic heterocycles. The third-order valence-electron chi connectivity index (χ3n) is 6.07. The van der Waals surface area contributed by atoms with Crippen LogP contribution in [-0.2, 0) is 9.59 Å². The zero-order valence-corrected chi connectivity index (χ0v) is 18.9. The lowest BCUT2D eigenvalue weighted by molar-refractivity contribution is -0.122. The molecule has 4 rings (SSSR count). The van der Waals surface area contributed by atoms with Crippen molar-refractivity contribution in [3.63, 3.8) is 0 Å². The van der Waals surface area contributed by atoms with E-state index in [-0.39, 0.29) is 36.1 Å². The van der Waals surface area contributed by atoms with Crippen molar-refractivity contribution in [1.29, 1.82) is 0 Å². The summed E-state index contributed by atoms with van der Waals surface area (Å²) in [7, 11) is 3.15. The molecule has 1 heterocycles. The van der Waals surface area contributed by atoms with E-state index in [1.54, 1.807) is 14.2 Å². The van der Waals surface area contributed by atoms with Gasteiger partial charge in [-0.2, -0.15) is 0 Å². The molecular formula is C26H29NO5. The van der Waals surface area contributed by atoms with Crippen LogP contribution in [-0.4, -0.2) is 32.0 Å². The molecule has 2 aromatic carbocycles. The highest BCUT2D eigenvalue weighted by Gasteiger charge is 2.39. The quantitative estimate of drug-likeness (QED) is 0.723. The second-order valence-corrected chi connectivity index (χ2v) is 8.54. The van der Waals surface area contributed by atoms with Crippen LogP contribution in [0.5, 0.6) is 17.2 Å². The van der Waals surface area contributed by atoms with Crippen molar-refractivity contribution in [2.24, 2.45) is 0 Å². The minimum atomic E-state index is -0.348. The monoisotopic (exact) mass is 435 g/mol. The summed E-state index contributed by atoms with van der Waals surface area (Å²) in [6.07, 6.45) is 1.33. The van der Waals surface area contributed by atoms with Gasteiger partial charge in [-0.05, 0) is 49.9 Å². The predicted molar refractivity (Wildman–Crippen MR) is 121 cm³/mol. The fourth-order valence-electron chi connectivity index (χ4n) is 4.74. The Morgan fingerprint density at radius 3 is 2.34 bits per heavy atom. The number of allylic oxidation sites excluding steroid dienone is 2. The molecule has 1 amide bonds. The number of para-hydroxylation sites is 1. The van der Waals surface area contributed by atoms with Crippen molar-refractivity contribution in [2.45, 2.75) is 51.0 Å². The standard InChI is InChI=1S/C26H29NO5/c1-15(2)32-18-10-8-16(9-11-18)17-12-21-25(22(28)13-17)20(14-24(29)27-21)19-6-5-7-23(30-3)26(19)31-4/h5-11,15,17,20H,12-14H2,1-4H3,(H,27,29). The van der Waals surface area contributed by atoms with Crippen LogP contribution in [0.3, 0.4) is 0 Å².